The molecule has 0 aliphatic carbocycles. The van der Waals surface area contributed by atoms with Crippen molar-refractivity contribution in [2.45, 2.75) is 76.9 Å². The van der Waals surface area contributed by atoms with Gasteiger partial charge in [-0.3, -0.25) is 4.90 Å². The Morgan fingerprint density at radius 3 is 2.14 bits per heavy atom. The van der Waals surface area contributed by atoms with E-state index in [9.17, 15) is 44.3 Å². The maximum Gasteiger partial charge on any atom is 0.433 e. The molecule has 2 aromatic heterocycles. The number of nitrogens with one attached hydrogen (secondary N) is 1. The van der Waals surface area contributed by atoms with Crippen molar-refractivity contribution < 1.29 is 49.0 Å². The lowest BCUT2D eigenvalue weighted by Gasteiger charge is -2.43. The third kappa shape index (κ3) is 6.93. The van der Waals surface area contributed by atoms with Crippen LogP contribution in [0.15, 0.2) is 30.3 Å². The summed E-state index contributed by atoms with van der Waals surface area (Å²) in [7, 11) is 0. The van der Waals surface area contributed by atoms with E-state index in [-0.39, 0.29) is 36.2 Å². The van der Waals surface area contributed by atoms with Crippen LogP contribution in [-0.4, -0.2) is 43.8 Å². The minimum atomic E-state index is -5.14. The number of halogens is 9. The summed E-state index contributed by atoms with van der Waals surface area (Å²) in [5, 5.41) is 13.1. The molecule has 234 valence electrons. The highest BCUT2D eigenvalue weighted by Gasteiger charge is 2.44. The van der Waals surface area contributed by atoms with Crippen molar-refractivity contribution in [1.82, 2.24) is 25.6 Å². The molecule has 1 N–H and O–H groups in total. The molecule has 1 aliphatic heterocycles. The fourth-order valence-corrected chi connectivity index (χ4v) is 4.78. The SMILES string of the molecule is CC[C@@H]1C[C@H](N(Cc2cc(C(F)(F)F)cc(C(F)(F)F)c2)c2nn[nH]n2)c2nc(C(F)(F)F)ccc2N1C(=O)OC(C)C. The lowest BCUT2D eigenvalue weighted by atomic mass is 9.91. The Balaban J connectivity index is 1.91. The van der Waals surface area contributed by atoms with Crippen LogP contribution < -0.4 is 9.80 Å². The van der Waals surface area contributed by atoms with Gasteiger partial charge in [-0.1, -0.05) is 12.0 Å². The molecule has 43 heavy (non-hydrogen) atoms. The number of hydrogen-bond donors (Lipinski definition) is 1. The molecule has 18 heteroatoms. The number of benzene rings is 1. The molecular formula is C25H24F9N7O2. The van der Waals surface area contributed by atoms with Crippen LogP contribution in [0.4, 0.5) is 55.9 Å². The summed E-state index contributed by atoms with van der Waals surface area (Å²) < 4.78 is 128. The van der Waals surface area contributed by atoms with Gasteiger partial charge in [0.2, 0.25) is 0 Å². The van der Waals surface area contributed by atoms with Gasteiger partial charge in [0.25, 0.3) is 5.95 Å². The minimum Gasteiger partial charge on any atom is -0.446 e. The Labute approximate surface area is 238 Å². The topological polar surface area (TPSA) is 100 Å². The third-order valence-corrected chi connectivity index (χ3v) is 6.60. The van der Waals surface area contributed by atoms with Crippen molar-refractivity contribution >= 4 is 17.7 Å². The van der Waals surface area contributed by atoms with E-state index >= 15 is 0 Å². The number of pyridine rings is 1. The second-order valence-electron chi connectivity index (χ2n) is 9.97. The van der Waals surface area contributed by atoms with Gasteiger partial charge in [0.1, 0.15) is 5.69 Å². The van der Waals surface area contributed by atoms with Gasteiger partial charge in [-0.15, -0.1) is 5.10 Å². The van der Waals surface area contributed by atoms with Gasteiger partial charge < -0.3 is 9.64 Å². The summed E-state index contributed by atoms with van der Waals surface area (Å²) in [5.74, 6) is -0.339. The summed E-state index contributed by atoms with van der Waals surface area (Å²) in [6.07, 6.45) is -16.6. The zero-order valence-electron chi connectivity index (χ0n) is 22.6. The Hall–Kier alpha value is -4.12. The fourth-order valence-electron chi connectivity index (χ4n) is 4.78. The van der Waals surface area contributed by atoms with Gasteiger partial charge in [-0.25, -0.2) is 9.78 Å². The standard InChI is InChI=1S/C25H24F9N7O2/c1-4-16-10-18(20-17(41(16)22(42)43-12(2)3)5-6-19(35-20)25(32,33)34)40(21-36-38-39-37-21)11-13-7-14(23(26,27)28)9-15(8-13)24(29,30)31/h5-9,12,16,18H,4,10-11H2,1-3H3,(H,36,37,38,39)/t16-,18+/m1/s1. The van der Waals surface area contributed by atoms with Crippen molar-refractivity contribution in [2.75, 3.05) is 9.80 Å². The number of rotatable bonds is 6. The second kappa shape index (κ2) is 11.5. The second-order valence-corrected chi connectivity index (χ2v) is 9.97. The van der Waals surface area contributed by atoms with Crippen molar-refractivity contribution in [3.05, 3.63) is 58.4 Å². The number of aromatic amines is 1. The maximum absolute atomic E-state index is 13.8. The van der Waals surface area contributed by atoms with Crippen LogP contribution in [0.2, 0.25) is 0 Å². The van der Waals surface area contributed by atoms with Crippen LogP contribution in [-0.2, 0) is 29.8 Å². The van der Waals surface area contributed by atoms with Crippen LogP contribution >= 0.6 is 0 Å². The highest BCUT2D eigenvalue weighted by Crippen LogP contribution is 2.44. The molecule has 1 amide bonds. The van der Waals surface area contributed by atoms with Gasteiger partial charge in [0.05, 0.1) is 34.7 Å². The largest absolute Gasteiger partial charge is 0.446 e. The van der Waals surface area contributed by atoms with Crippen LogP contribution in [0.25, 0.3) is 0 Å². The molecule has 2 atom stereocenters. The average molecular weight is 625 g/mol. The number of alkyl halides is 9. The number of carbonyl (C=O) groups is 1. The molecule has 4 rings (SSSR count). The number of carbonyl (C=O) groups excluding carboxylic acids is 1. The first-order valence-corrected chi connectivity index (χ1v) is 12.8. The molecule has 0 radical (unpaired) electrons. The fraction of sp³-hybridized carbons (Fsp3) is 0.480. The molecule has 1 aromatic carbocycles. The van der Waals surface area contributed by atoms with Gasteiger partial charge in [-0.2, -0.15) is 44.7 Å². The molecule has 0 saturated heterocycles. The highest BCUT2D eigenvalue weighted by molar-refractivity contribution is 5.90. The number of hydrogen-bond acceptors (Lipinski definition) is 7. The summed E-state index contributed by atoms with van der Waals surface area (Å²) >= 11 is 0. The summed E-state index contributed by atoms with van der Waals surface area (Å²) in [6, 6.07) is 0.633. The predicted octanol–water partition coefficient (Wildman–Crippen LogP) is 6.93. The summed E-state index contributed by atoms with van der Waals surface area (Å²) in [5.41, 5.74) is -5.42. The number of tetrazole rings is 1. The molecule has 3 heterocycles. The van der Waals surface area contributed by atoms with Crippen LogP contribution in [0.5, 0.6) is 0 Å². The normalized spacial score (nSPS) is 17.7. The summed E-state index contributed by atoms with van der Waals surface area (Å²) in [6.45, 7) is 4.10. The monoisotopic (exact) mass is 625 g/mol. The smallest absolute Gasteiger partial charge is 0.433 e. The van der Waals surface area contributed by atoms with Crippen molar-refractivity contribution in [1.29, 1.82) is 0 Å². The first-order valence-electron chi connectivity index (χ1n) is 12.8. The Kier molecular flexibility index (Phi) is 8.52. The lowest BCUT2D eigenvalue weighted by molar-refractivity contribution is -0.143. The Morgan fingerprint density at radius 1 is 1.02 bits per heavy atom. The third-order valence-electron chi connectivity index (χ3n) is 6.60. The van der Waals surface area contributed by atoms with Crippen molar-refractivity contribution in [3.8, 4) is 0 Å². The first kappa shape index (κ1) is 31.8. The van der Waals surface area contributed by atoms with Crippen LogP contribution in [0.3, 0.4) is 0 Å². The number of H-pyrrole nitrogens is 1. The summed E-state index contributed by atoms with van der Waals surface area (Å²) in [4.78, 5) is 19.1. The number of aromatic nitrogens is 5. The number of fused-ring (bicyclic) bond motifs is 1. The molecule has 9 nitrogen and oxygen atoms in total. The minimum absolute atomic E-state index is 0.0411. The van der Waals surface area contributed by atoms with Crippen LogP contribution in [0.1, 0.15) is 67.7 Å². The number of nitrogens with zero attached hydrogens (tertiary/aromatic N) is 6. The molecule has 0 bridgehead atoms. The van der Waals surface area contributed by atoms with Crippen LogP contribution in [0, 0.1) is 0 Å². The molecule has 0 spiro atoms. The molecule has 0 saturated carbocycles. The van der Waals surface area contributed by atoms with E-state index in [1.165, 1.54) is 0 Å². The van der Waals surface area contributed by atoms with Crippen molar-refractivity contribution in [3.63, 3.8) is 0 Å². The van der Waals surface area contributed by atoms with Gasteiger partial charge >= 0.3 is 24.6 Å². The van der Waals surface area contributed by atoms with Gasteiger partial charge in [-0.05, 0) is 67.8 Å². The first-order chi connectivity index (χ1) is 19.9. The number of amides is 1. The lowest BCUT2D eigenvalue weighted by Crippen LogP contribution is -2.49. The van der Waals surface area contributed by atoms with E-state index in [2.05, 4.69) is 25.6 Å². The maximum atomic E-state index is 13.8. The molecule has 0 unspecified atom stereocenters. The highest BCUT2D eigenvalue weighted by atomic mass is 19.4. The van der Waals surface area contributed by atoms with E-state index in [0.29, 0.717) is 18.2 Å². The zero-order chi connectivity index (χ0) is 31.9. The van der Waals surface area contributed by atoms with E-state index < -0.39 is 71.7 Å². The molecule has 1 aliphatic rings. The average Bonchev–Trinajstić information content (AvgIpc) is 3.43. The van der Waals surface area contributed by atoms with E-state index in [1.54, 1.807) is 20.8 Å². The van der Waals surface area contributed by atoms with Gasteiger partial charge in [0, 0.05) is 12.6 Å². The predicted molar refractivity (Wildman–Crippen MR) is 132 cm³/mol. The molecule has 0 fully saturated rings. The molecule has 3 aromatic rings. The Morgan fingerprint density at radius 2 is 1.65 bits per heavy atom. The van der Waals surface area contributed by atoms with E-state index in [1.807, 2.05) is 0 Å². The Bertz CT molecular complexity index is 1410. The van der Waals surface area contributed by atoms with Crippen molar-refractivity contribution in [2.24, 2.45) is 0 Å². The van der Waals surface area contributed by atoms with Gasteiger partial charge in [0.15, 0.2) is 0 Å². The quantitative estimate of drug-likeness (QED) is 0.297. The van der Waals surface area contributed by atoms with E-state index in [4.69, 9.17) is 4.74 Å². The zero-order valence-corrected chi connectivity index (χ0v) is 22.6. The van der Waals surface area contributed by atoms with E-state index in [0.717, 1.165) is 15.9 Å². The molecular weight excluding hydrogens is 601 g/mol. The number of ether oxygens (including phenoxy) is 1. The number of anilines is 2.